The third-order valence-corrected chi connectivity index (χ3v) is 3.32. The zero-order valence-electron chi connectivity index (χ0n) is 10.8. The summed E-state index contributed by atoms with van der Waals surface area (Å²) in [5.74, 6) is 0.511. The highest BCUT2D eigenvalue weighted by molar-refractivity contribution is 7.89. The van der Waals surface area contributed by atoms with E-state index in [1.807, 2.05) is 20.8 Å². The second kappa shape index (κ2) is 4.29. The van der Waals surface area contributed by atoms with Crippen molar-refractivity contribution in [2.24, 2.45) is 5.14 Å². The van der Waals surface area contributed by atoms with E-state index in [4.69, 9.17) is 9.88 Å². The molecule has 0 amide bonds. The largest absolute Gasteiger partial charge is 0.368 e. The Morgan fingerprint density at radius 2 is 2.00 bits per heavy atom. The summed E-state index contributed by atoms with van der Waals surface area (Å²) in [6.07, 6.45) is 1.84. The molecule has 1 aromatic rings. The minimum Gasteiger partial charge on any atom is -0.368 e. The van der Waals surface area contributed by atoms with Crippen LogP contribution in [0.4, 0.5) is 0 Å². The van der Waals surface area contributed by atoms with Crippen LogP contribution < -0.4 is 5.14 Å². The molecule has 102 valence electrons. The summed E-state index contributed by atoms with van der Waals surface area (Å²) < 4.78 is 30.0. The maximum atomic E-state index is 11.4. The van der Waals surface area contributed by atoms with Crippen molar-refractivity contribution in [1.82, 2.24) is 14.8 Å². The summed E-state index contributed by atoms with van der Waals surface area (Å²) in [4.78, 5) is 0. The number of nitrogens with zero attached hydrogens (tertiary/aromatic N) is 3. The highest BCUT2D eigenvalue weighted by Gasteiger charge is 2.33. The van der Waals surface area contributed by atoms with Crippen LogP contribution in [0.1, 0.15) is 45.5 Å². The first kappa shape index (κ1) is 13.4. The average Bonchev–Trinajstić information content (AvgIpc) is 2.92. The molecule has 0 bridgehead atoms. The number of aromatic nitrogens is 3. The van der Waals surface area contributed by atoms with Crippen molar-refractivity contribution in [1.29, 1.82) is 0 Å². The predicted molar refractivity (Wildman–Crippen MR) is 64.2 cm³/mol. The van der Waals surface area contributed by atoms with E-state index in [-0.39, 0.29) is 23.4 Å². The fourth-order valence-electron chi connectivity index (χ4n) is 1.58. The second-order valence-electron chi connectivity index (χ2n) is 5.45. The van der Waals surface area contributed by atoms with E-state index in [0.29, 0.717) is 5.82 Å². The van der Waals surface area contributed by atoms with E-state index in [1.54, 1.807) is 4.57 Å². The average molecular weight is 274 g/mol. The smallest absolute Gasteiger partial charge is 0.273 e. The number of hydrogen-bond donors (Lipinski definition) is 1. The fourth-order valence-corrected chi connectivity index (χ4v) is 2.26. The van der Waals surface area contributed by atoms with E-state index >= 15 is 0 Å². The summed E-state index contributed by atoms with van der Waals surface area (Å²) in [6.45, 7) is 5.99. The monoisotopic (exact) mass is 274 g/mol. The number of rotatable bonds is 4. The van der Waals surface area contributed by atoms with Gasteiger partial charge in [0, 0.05) is 6.04 Å². The van der Waals surface area contributed by atoms with Crippen molar-refractivity contribution in [2.45, 2.75) is 57.0 Å². The van der Waals surface area contributed by atoms with Crippen LogP contribution in [0.2, 0.25) is 0 Å². The van der Waals surface area contributed by atoms with Crippen LogP contribution in [-0.4, -0.2) is 28.8 Å². The zero-order valence-corrected chi connectivity index (χ0v) is 11.6. The van der Waals surface area contributed by atoms with Gasteiger partial charge in [0.05, 0.1) is 5.60 Å². The lowest BCUT2D eigenvalue weighted by atomic mass is 10.2. The Kier molecular flexibility index (Phi) is 3.20. The van der Waals surface area contributed by atoms with Gasteiger partial charge in [0.25, 0.3) is 15.2 Å². The maximum absolute atomic E-state index is 11.4. The van der Waals surface area contributed by atoms with Crippen LogP contribution in [0.25, 0.3) is 0 Å². The molecule has 1 aliphatic rings. The van der Waals surface area contributed by atoms with Gasteiger partial charge in [-0.2, -0.15) is 0 Å². The quantitative estimate of drug-likeness (QED) is 0.865. The zero-order chi connectivity index (χ0) is 13.6. The molecule has 1 saturated carbocycles. The minimum absolute atomic E-state index is 0.131. The summed E-state index contributed by atoms with van der Waals surface area (Å²) in [5.41, 5.74) is -0.317. The van der Waals surface area contributed by atoms with E-state index < -0.39 is 10.0 Å². The molecule has 0 saturated heterocycles. The van der Waals surface area contributed by atoms with Gasteiger partial charge in [-0.1, -0.05) is 0 Å². The SMILES string of the molecule is CC(C)(C)OCc1nnc(S(N)(=O)=O)n1C1CC1. The molecule has 0 aliphatic heterocycles. The lowest BCUT2D eigenvalue weighted by Crippen LogP contribution is -2.22. The Hall–Kier alpha value is -0.990. The number of sulfonamides is 1. The molecule has 18 heavy (non-hydrogen) atoms. The molecule has 0 spiro atoms. The topological polar surface area (TPSA) is 100 Å². The van der Waals surface area contributed by atoms with Gasteiger partial charge in [-0.25, -0.2) is 13.6 Å². The van der Waals surface area contributed by atoms with Crippen molar-refractivity contribution in [3.63, 3.8) is 0 Å². The lowest BCUT2D eigenvalue weighted by molar-refractivity contribution is -0.0196. The van der Waals surface area contributed by atoms with Crippen molar-refractivity contribution in [2.75, 3.05) is 0 Å². The van der Waals surface area contributed by atoms with Crippen LogP contribution in [0, 0.1) is 0 Å². The molecule has 1 aliphatic carbocycles. The predicted octanol–water partition coefficient (Wildman–Crippen LogP) is 0.576. The molecular weight excluding hydrogens is 256 g/mol. The van der Waals surface area contributed by atoms with Gasteiger partial charge in [0.1, 0.15) is 6.61 Å². The van der Waals surface area contributed by atoms with Gasteiger partial charge in [-0.3, -0.25) is 4.57 Å². The number of primary sulfonamides is 1. The Bertz CT molecular complexity index is 540. The van der Waals surface area contributed by atoms with Gasteiger partial charge in [-0.15, -0.1) is 10.2 Å². The van der Waals surface area contributed by atoms with Crippen LogP contribution in [-0.2, 0) is 21.4 Å². The van der Waals surface area contributed by atoms with Crippen molar-refractivity contribution < 1.29 is 13.2 Å². The lowest BCUT2D eigenvalue weighted by Gasteiger charge is -2.19. The molecule has 0 atom stereocenters. The standard InChI is InChI=1S/C10H18N4O3S/c1-10(2,3)17-6-8-12-13-9(18(11,15)16)14(8)7-4-5-7/h7H,4-6H2,1-3H3,(H2,11,15,16). The highest BCUT2D eigenvalue weighted by atomic mass is 32.2. The summed E-state index contributed by atoms with van der Waals surface area (Å²) in [7, 11) is -3.84. The van der Waals surface area contributed by atoms with Crippen molar-refractivity contribution >= 4 is 10.0 Å². The van der Waals surface area contributed by atoms with Gasteiger partial charge in [0.15, 0.2) is 5.82 Å². The van der Waals surface area contributed by atoms with E-state index in [0.717, 1.165) is 12.8 Å². The molecule has 0 unspecified atom stereocenters. The minimum atomic E-state index is -3.84. The normalized spacial score (nSPS) is 17.1. The van der Waals surface area contributed by atoms with E-state index in [1.165, 1.54) is 0 Å². The molecule has 1 aromatic heterocycles. The van der Waals surface area contributed by atoms with Gasteiger partial charge in [0.2, 0.25) is 0 Å². The van der Waals surface area contributed by atoms with Crippen LogP contribution in [0.5, 0.6) is 0 Å². The van der Waals surface area contributed by atoms with Crippen molar-refractivity contribution in [3.8, 4) is 0 Å². The maximum Gasteiger partial charge on any atom is 0.273 e. The molecule has 8 heteroatoms. The molecule has 1 heterocycles. The molecule has 1 fully saturated rings. The summed E-state index contributed by atoms with van der Waals surface area (Å²) in [6, 6.07) is 0.131. The molecule has 2 rings (SSSR count). The summed E-state index contributed by atoms with van der Waals surface area (Å²) >= 11 is 0. The number of ether oxygens (including phenoxy) is 1. The molecular formula is C10H18N4O3S. The first-order valence-corrected chi connectivity index (χ1v) is 7.33. The Balaban J connectivity index is 2.29. The van der Waals surface area contributed by atoms with E-state index in [2.05, 4.69) is 10.2 Å². The first-order valence-electron chi connectivity index (χ1n) is 5.79. The molecule has 2 N–H and O–H groups in total. The van der Waals surface area contributed by atoms with Gasteiger partial charge >= 0.3 is 0 Å². The summed E-state index contributed by atoms with van der Waals surface area (Å²) in [5, 5.41) is 12.5. The third-order valence-electron chi connectivity index (χ3n) is 2.54. The van der Waals surface area contributed by atoms with Crippen molar-refractivity contribution in [3.05, 3.63) is 5.82 Å². The molecule has 0 radical (unpaired) electrons. The molecule has 0 aromatic carbocycles. The number of nitrogens with two attached hydrogens (primary N) is 1. The Morgan fingerprint density at radius 3 is 2.44 bits per heavy atom. The van der Waals surface area contributed by atoms with Crippen LogP contribution >= 0.6 is 0 Å². The number of hydrogen-bond acceptors (Lipinski definition) is 5. The van der Waals surface area contributed by atoms with Crippen LogP contribution in [0.15, 0.2) is 5.16 Å². The second-order valence-corrected chi connectivity index (χ2v) is 6.90. The Morgan fingerprint density at radius 1 is 1.39 bits per heavy atom. The highest BCUT2D eigenvalue weighted by Crippen LogP contribution is 2.37. The third kappa shape index (κ3) is 3.06. The fraction of sp³-hybridized carbons (Fsp3) is 0.800. The van der Waals surface area contributed by atoms with Crippen LogP contribution in [0.3, 0.4) is 0 Å². The van der Waals surface area contributed by atoms with Gasteiger partial charge in [-0.05, 0) is 33.6 Å². The van der Waals surface area contributed by atoms with Gasteiger partial charge < -0.3 is 4.74 Å². The first-order chi connectivity index (χ1) is 8.18. The van der Waals surface area contributed by atoms with E-state index in [9.17, 15) is 8.42 Å². The molecule has 7 nitrogen and oxygen atoms in total. The Labute approximate surface area is 106 Å².